The summed E-state index contributed by atoms with van der Waals surface area (Å²) in [5.74, 6) is -0.762. The first kappa shape index (κ1) is 14.7. The Morgan fingerprint density at radius 1 is 1.35 bits per heavy atom. The van der Waals surface area contributed by atoms with Crippen LogP contribution in [-0.4, -0.2) is 22.1 Å². The quantitative estimate of drug-likeness (QED) is 0.858. The van der Waals surface area contributed by atoms with Crippen molar-refractivity contribution in [2.75, 3.05) is 0 Å². The minimum absolute atomic E-state index is 0.0500. The number of thiazole rings is 1. The Kier molecular flexibility index (Phi) is 4.87. The summed E-state index contributed by atoms with van der Waals surface area (Å²) in [7, 11) is 0. The van der Waals surface area contributed by atoms with Gasteiger partial charge in [-0.05, 0) is 5.92 Å². The van der Waals surface area contributed by atoms with Crippen LogP contribution in [0.5, 0.6) is 0 Å². The van der Waals surface area contributed by atoms with E-state index in [0.717, 1.165) is 15.4 Å². The highest BCUT2D eigenvalue weighted by Gasteiger charge is 2.20. The molecule has 0 aliphatic carbocycles. The molecule has 0 aliphatic rings. The van der Waals surface area contributed by atoms with E-state index in [9.17, 15) is 4.79 Å². The van der Waals surface area contributed by atoms with E-state index in [1.54, 1.807) is 17.5 Å². The molecule has 2 rings (SSSR count). The van der Waals surface area contributed by atoms with E-state index in [4.69, 9.17) is 5.11 Å². The Bertz CT molecular complexity index is 566. The number of nitrogens with zero attached hydrogens (tertiary/aromatic N) is 1. The summed E-state index contributed by atoms with van der Waals surface area (Å²) in [6, 6.07) is 9.44. The second-order valence-electron chi connectivity index (χ2n) is 4.94. The van der Waals surface area contributed by atoms with Crippen LogP contribution in [0.4, 0.5) is 0 Å². The van der Waals surface area contributed by atoms with Crippen molar-refractivity contribution < 1.29 is 9.90 Å². The summed E-state index contributed by atoms with van der Waals surface area (Å²) < 4.78 is 0. The molecule has 2 aromatic rings. The average molecular weight is 290 g/mol. The molecular weight excluding hydrogens is 272 g/mol. The fourth-order valence-electron chi connectivity index (χ4n) is 1.92. The SMILES string of the molecule is CC(C)[C@H](NCc1cnc(-c2ccccc2)s1)C(=O)O. The Labute approximate surface area is 122 Å². The van der Waals surface area contributed by atoms with Gasteiger partial charge in [0.1, 0.15) is 11.0 Å². The van der Waals surface area contributed by atoms with Gasteiger partial charge in [0.25, 0.3) is 0 Å². The molecule has 4 nitrogen and oxygen atoms in total. The van der Waals surface area contributed by atoms with Gasteiger partial charge in [-0.1, -0.05) is 44.2 Å². The molecule has 0 radical (unpaired) electrons. The highest BCUT2D eigenvalue weighted by atomic mass is 32.1. The topological polar surface area (TPSA) is 62.2 Å². The Morgan fingerprint density at radius 3 is 2.65 bits per heavy atom. The van der Waals surface area contributed by atoms with E-state index < -0.39 is 12.0 Å². The molecule has 0 amide bonds. The van der Waals surface area contributed by atoms with Crippen molar-refractivity contribution in [2.24, 2.45) is 5.92 Å². The Morgan fingerprint density at radius 2 is 2.05 bits per heavy atom. The van der Waals surface area contributed by atoms with Gasteiger partial charge in [0.2, 0.25) is 0 Å². The summed E-state index contributed by atoms with van der Waals surface area (Å²) in [6.45, 7) is 4.32. The largest absolute Gasteiger partial charge is 0.480 e. The number of aromatic nitrogens is 1. The molecule has 0 bridgehead atoms. The van der Waals surface area contributed by atoms with Crippen molar-refractivity contribution >= 4 is 17.3 Å². The van der Waals surface area contributed by atoms with Crippen molar-refractivity contribution in [1.82, 2.24) is 10.3 Å². The number of benzene rings is 1. The number of hydrogen-bond donors (Lipinski definition) is 2. The molecule has 20 heavy (non-hydrogen) atoms. The normalized spacial score (nSPS) is 12.6. The van der Waals surface area contributed by atoms with E-state index in [1.807, 2.05) is 44.2 Å². The number of rotatable bonds is 6. The predicted octanol–water partition coefficient (Wildman–Crippen LogP) is 3.01. The molecule has 2 N–H and O–H groups in total. The molecule has 106 valence electrons. The van der Waals surface area contributed by atoms with Crippen LogP contribution in [-0.2, 0) is 11.3 Å². The molecule has 1 atom stereocenters. The van der Waals surface area contributed by atoms with E-state index >= 15 is 0 Å². The van der Waals surface area contributed by atoms with Crippen molar-refractivity contribution in [3.05, 3.63) is 41.4 Å². The second kappa shape index (κ2) is 6.63. The molecule has 5 heteroatoms. The van der Waals surface area contributed by atoms with E-state index in [2.05, 4.69) is 10.3 Å². The van der Waals surface area contributed by atoms with Crippen LogP contribution in [0.3, 0.4) is 0 Å². The highest BCUT2D eigenvalue weighted by molar-refractivity contribution is 7.15. The van der Waals surface area contributed by atoms with Gasteiger partial charge in [-0.15, -0.1) is 11.3 Å². The first-order chi connectivity index (χ1) is 9.58. The summed E-state index contributed by atoms with van der Waals surface area (Å²) in [5, 5.41) is 13.2. The second-order valence-corrected chi connectivity index (χ2v) is 6.05. The third kappa shape index (κ3) is 3.65. The van der Waals surface area contributed by atoms with Gasteiger partial charge in [-0.3, -0.25) is 10.1 Å². The van der Waals surface area contributed by atoms with E-state index in [1.165, 1.54) is 0 Å². The van der Waals surface area contributed by atoms with Crippen molar-refractivity contribution in [1.29, 1.82) is 0 Å². The number of nitrogens with one attached hydrogen (secondary N) is 1. The van der Waals surface area contributed by atoms with Crippen LogP contribution in [0.25, 0.3) is 10.6 Å². The fraction of sp³-hybridized carbons (Fsp3) is 0.333. The van der Waals surface area contributed by atoms with Crippen molar-refractivity contribution in [2.45, 2.75) is 26.4 Å². The molecule has 1 aromatic carbocycles. The molecular formula is C15H18N2O2S. The zero-order chi connectivity index (χ0) is 14.5. The number of hydrogen-bond acceptors (Lipinski definition) is 4. The zero-order valence-electron chi connectivity index (χ0n) is 11.5. The van der Waals surface area contributed by atoms with Crippen LogP contribution in [0.15, 0.2) is 36.5 Å². The first-order valence-corrected chi connectivity index (χ1v) is 7.36. The van der Waals surface area contributed by atoms with Crippen LogP contribution in [0.1, 0.15) is 18.7 Å². The predicted molar refractivity (Wildman–Crippen MR) is 80.7 cm³/mol. The Hall–Kier alpha value is -1.72. The van der Waals surface area contributed by atoms with Crippen LogP contribution in [0.2, 0.25) is 0 Å². The number of carbonyl (C=O) groups is 1. The standard InChI is InChI=1S/C15H18N2O2S/c1-10(2)13(15(18)19)16-8-12-9-17-14(20-12)11-6-4-3-5-7-11/h3-7,9-10,13,16H,8H2,1-2H3,(H,18,19)/t13-/m0/s1. The first-order valence-electron chi connectivity index (χ1n) is 6.54. The van der Waals surface area contributed by atoms with Gasteiger partial charge < -0.3 is 5.11 Å². The molecule has 1 aromatic heterocycles. The molecule has 1 heterocycles. The summed E-state index contributed by atoms with van der Waals surface area (Å²) >= 11 is 1.58. The molecule has 0 saturated carbocycles. The summed E-state index contributed by atoms with van der Waals surface area (Å²) in [6.07, 6.45) is 1.80. The summed E-state index contributed by atoms with van der Waals surface area (Å²) in [5.41, 5.74) is 1.09. The van der Waals surface area contributed by atoms with Crippen molar-refractivity contribution in [3.63, 3.8) is 0 Å². The molecule has 0 aliphatic heterocycles. The zero-order valence-corrected chi connectivity index (χ0v) is 12.4. The van der Waals surface area contributed by atoms with E-state index in [-0.39, 0.29) is 5.92 Å². The number of aliphatic carboxylic acids is 1. The molecule has 0 unspecified atom stereocenters. The summed E-state index contributed by atoms with van der Waals surface area (Å²) in [4.78, 5) is 16.5. The van der Waals surface area contributed by atoms with Crippen LogP contribution >= 0.6 is 11.3 Å². The maximum absolute atomic E-state index is 11.1. The van der Waals surface area contributed by atoms with E-state index in [0.29, 0.717) is 6.54 Å². The lowest BCUT2D eigenvalue weighted by molar-refractivity contribution is -0.140. The lowest BCUT2D eigenvalue weighted by atomic mass is 10.1. The van der Waals surface area contributed by atoms with Crippen molar-refractivity contribution in [3.8, 4) is 10.6 Å². The molecule has 0 fully saturated rings. The maximum atomic E-state index is 11.1. The average Bonchev–Trinajstić information content (AvgIpc) is 2.88. The molecule has 0 spiro atoms. The van der Waals surface area contributed by atoms with Gasteiger partial charge in [-0.2, -0.15) is 0 Å². The lowest BCUT2D eigenvalue weighted by Crippen LogP contribution is -2.40. The maximum Gasteiger partial charge on any atom is 0.320 e. The van der Waals surface area contributed by atoms with Gasteiger partial charge in [-0.25, -0.2) is 4.98 Å². The lowest BCUT2D eigenvalue weighted by Gasteiger charge is -2.16. The minimum atomic E-state index is -0.812. The monoisotopic (exact) mass is 290 g/mol. The van der Waals surface area contributed by atoms with Gasteiger partial charge in [0.15, 0.2) is 0 Å². The smallest absolute Gasteiger partial charge is 0.320 e. The number of carboxylic acids is 1. The van der Waals surface area contributed by atoms with Crippen LogP contribution in [0, 0.1) is 5.92 Å². The highest BCUT2D eigenvalue weighted by Crippen LogP contribution is 2.24. The van der Waals surface area contributed by atoms with Crippen LogP contribution < -0.4 is 5.32 Å². The minimum Gasteiger partial charge on any atom is -0.480 e. The van der Waals surface area contributed by atoms with Gasteiger partial charge in [0.05, 0.1) is 0 Å². The fourth-order valence-corrected chi connectivity index (χ4v) is 2.79. The molecule has 0 saturated heterocycles. The third-order valence-electron chi connectivity index (χ3n) is 3.00. The Balaban J connectivity index is 2.02. The number of carboxylic acid groups (broad SMARTS) is 1. The van der Waals surface area contributed by atoms with Gasteiger partial charge >= 0.3 is 5.97 Å². The third-order valence-corrected chi connectivity index (χ3v) is 4.05. The van der Waals surface area contributed by atoms with Gasteiger partial charge in [0, 0.05) is 23.2 Å².